The maximum absolute atomic E-state index is 11.7. The number of nitrogens with zero attached hydrogens (tertiary/aromatic N) is 1. The minimum atomic E-state index is -0.263. The number of benzene rings is 1. The van der Waals surface area contributed by atoms with Crippen molar-refractivity contribution in [1.82, 2.24) is 4.90 Å². The van der Waals surface area contributed by atoms with E-state index in [-0.39, 0.29) is 11.8 Å². The number of rotatable bonds is 2. The first-order chi connectivity index (χ1) is 8.56. The van der Waals surface area contributed by atoms with Gasteiger partial charge in [-0.2, -0.15) is 0 Å². The zero-order valence-corrected chi connectivity index (χ0v) is 11.2. The Bertz CT molecular complexity index is 513. The third-order valence-electron chi connectivity index (χ3n) is 2.41. The van der Waals surface area contributed by atoms with Crippen molar-refractivity contribution in [3.8, 4) is 0 Å². The van der Waals surface area contributed by atoms with Gasteiger partial charge < -0.3 is 10.2 Å². The molecule has 0 bridgehead atoms. The van der Waals surface area contributed by atoms with Crippen LogP contribution in [0.3, 0.4) is 0 Å². The predicted molar refractivity (Wildman–Crippen MR) is 73.4 cm³/mol. The molecular weight excluding hydrogens is 272 g/mol. The lowest BCUT2D eigenvalue weighted by atomic mass is 10.3. The van der Waals surface area contributed by atoms with Crippen molar-refractivity contribution in [3.63, 3.8) is 0 Å². The van der Waals surface area contributed by atoms with Crippen LogP contribution >= 0.6 is 23.4 Å². The molecule has 0 unspecified atom stereocenters. The number of hydrogen-bond donors (Lipinski definition) is 1. The van der Waals surface area contributed by atoms with E-state index in [9.17, 15) is 9.59 Å². The number of amides is 2. The number of thioether (sulfide) groups is 1. The molecule has 1 fully saturated rings. The lowest BCUT2D eigenvalue weighted by Gasteiger charge is -2.09. The molecule has 1 aliphatic heterocycles. The van der Waals surface area contributed by atoms with Crippen molar-refractivity contribution >= 4 is 40.9 Å². The highest BCUT2D eigenvalue weighted by atomic mass is 35.5. The van der Waals surface area contributed by atoms with Gasteiger partial charge in [0.15, 0.2) is 0 Å². The molecule has 2 rings (SSSR count). The Hall–Kier alpha value is -1.46. The third-order valence-corrected chi connectivity index (χ3v) is 3.75. The second-order valence-electron chi connectivity index (χ2n) is 3.72. The Morgan fingerprint density at radius 2 is 2.11 bits per heavy atom. The van der Waals surface area contributed by atoms with Crippen LogP contribution in [0.5, 0.6) is 0 Å². The molecule has 1 aromatic rings. The summed E-state index contributed by atoms with van der Waals surface area (Å²) >= 11 is 7.10. The van der Waals surface area contributed by atoms with E-state index in [0.717, 1.165) is 0 Å². The molecule has 0 radical (unpaired) electrons. The Morgan fingerprint density at radius 3 is 2.67 bits per heavy atom. The van der Waals surface area contributed by atoms with Crippen molar-refractivity contribution in [2.45, 2.75) is 0 Å². The fraction of sp³-hybridized carbons (Fsp3) is 0.167. The molecule has 0 atom stereocenters. The molecule has 4 nitrogen and oxygen atoms in total. The topological polar surface area (TPSA) is 49.4 Å². The number of carbonyl (C=O) groups excluding carboxylic acids is 2. The normalized spacial score (nSPS) is 17.3. The summed E-state index contributed by atoms with van der Waals surface area (Å²) in [6, 6.07) is 6.83. The summed E-state index contributed by atoms with van der Waals surface area (Å²) in [5.74, 6) is 0.128. The maximum Gasteiger partial charge on any atom is 0.251 e. The summed E-state index contributed by atoms with van der Waals surface area (Å²) in [5, 5.41) is 3.98. The van der Waals surface area contributed by atoms with Crippen molar-refractivity contribution in [2.24, 2.45) is 0 Å². The smallest absolute Gasteiger partial charge is 0.251 e. The molecule has 1 saturated heterocycles. The van der Waals surface area contributed by atoms with Crippen LogP contribution in [0.4, 0.5) is 5.69 Å². The van der Waals surface area contributed by atoms with Gasteiger partial charge in [-0.3, -0.25) is 9.59 Å². The van der Waals surface area contributed by atoms with Crippen molar-refractivity contribution in [1.29, 1.82) is 0 Å². The number of hydrogen-bond acceptors (Lipinski definition) is 3. The van der Waals surface area contributed by atoms with Gasteiger partial charge in [-0.15, -0.1) is 0 Å². The first-order valence-corrected chi connectivity index (χ1v) is 6.60. The summed E-state index contributed by atoms with van der Waals surface area (Å²) in [5.41, 5.74) is 0.665. The average Bonchev–Trinajstić information content (AvgIpc) is 2.64. The summed E-state index contributed by atoms with van der Waals surface area (Å²) in [6.45, 7) is 0. The zero-order valence-electron chi connectivity index (χ0n) is 9.64. The molecule has 0 aromatic heterocycles. The molecule has 6 heteroatoms. The Kier molecular flexibility index (Phi) is 3.93. The lowest BCUT2D eigenvalue weighted by molar-refractivity contribution is -0.124. The molecule has 1 aliphatic rings. The SMILES string of the molecule is CN1C(=O)CS/C1=C\C(=O)Nc1ccc(Cl)cc1. The monoisotopic (exact) mass is 282 g/mol. The second kappa shape index (κ2) is 5.46. The largest absolute Gasteiger partial charge is 0.322 e. The number of nitrogens with one attached hydrogen (secondary N) is 1. The van der Waals surface area contributed by atoms with E-state index < -0.39 is 0 Å². The van der Waals surface area contributed by atoms with Crippen molar-refractivity contribution < 1.29 is 9.59 Å². The van der Waals surface area contributed by atoms with E-state index in [4.69, 9.17) is 11.6 Å². The van der Waals surface area contributed by atoms with Gasteiger partial charge in [-0.05, 0) is 24.3 Å². The van der Waals surface area contributed by atoms with Gasteiger partial charge in [0.1, 0.15) is 0 Å². The Morgan fingerprint density at radius 1 is 1.44 bits per heavy atom. The second-order valence-corrected chi connectivity index (χ2v) is 5.15. The summed E-state index contributed by atoms with van der Waals surface area (Å²) in [4.78, 5) is 24.5. The predicted octanol–water partition coefficient (Wildman–Crippen LogP) is 2.33. The Labute approximate surface area is 114 Å². The summed E-state index contributed by atoms with van der Waals surface area (Å²) in [6.07, 6.45) is 1.42. The molecule has 0 spiro atoms. The van der Waals surface area contributed by atoms with E-state index in [1.165, 1.54) is 22.7 Å². The van der Waals surface area contributed by atoms with Crippen LogP contribution < -0.4 is 5.32 Å². The molecule has 18 heavy (non-hydrogen) atoms. The summed E-state index contributed by atoms with van der Waals surface area (Å²) in [7, 11) is 1.66. The Balaban J connectivity index is 2.03. The van der Waals surface area contributed by atoms with Crippen LogP contribution in [0.15, 0.2) is 35.4 Å². The van der Waals surface area contributed by atoms with E-state index >= 15 is 0 Å². The molecule has 1 aromatic carbocycles. The van der Waals surface area contributed by atoms with Gasteiger partial charge in [0.2, 0.25) is 5.91 Å². The molecule has 2 amide bonds. The van der Waals surface area contributed by atoms with E-state index in [0.29, 0.717) is 21.5 Å². The van der Waals surface area contributed by atoms with E-state index in [1.807, 2.05) is 0 Å². The number of anilines is 1. The van der Waals surface area contributed by atoms with Gasteiger partial charge in [0.05, 0.1) is 10.8 Å². The fourth-order valence-corrected chi connectivity index (χ4v) is 2.49. The molecule has 0 aliphatic carbocycles. The highest BCUT2D eigenvalue weighted by molar-refractivity contribution is 8.04. The van der Waals surface area contributed by atoms with Gasteiger partial charge in [0, 0.05) is 23.8 Å². The highest BCUT2D eigenvalue weighted by Crippen LogP contribution is 2.26. The zero-order chi connectivity index (χ0) is 13.1. The number of halogens is 1. The quantitative estimate of drug-likeness (QED) is 0.847. The summed E-state index contributed by atoms with van der Waals surface area (Å²) < 4.78 is 0. The maximum atomic E-state index is 11.7. The minimum Gasteiger partial charge on any atom is -0.322 e. The van der Waals surface area contributed by atoms with Gasteiger partial charge in [0.25, 0.3) is 5.91 Å². The first-order valence-electron chi connectivity index (χ1n) is 5.24. The molecule has 0 saturated carbocycles. The molecule has 94 valence electrons. The lowest BCUT2D eigenvalue weighted by Crippen LogP contribution is -2.20. The molecule has 1 heterocycles. The first kappa shape index (κ1) is 13.0. The van der Waals surface area contributed by atoms with Crippen LogP contribution in [-0.2, 0) is 9.59 Å². The van der Waals surface area contributed by atoms with Crippen LogP contribution in [0, 0.1) is 0 Å². The third kappa shape index (κ3) is 3.05. The van der Waals surface area contributed by atoms with Crippen molar-refractivity contribution in [3.05, 3.63) is 40.4 Å². The van der Waals surface area contributed by atoms with E-state index in [2.05, 4.69) is 5.32 Å². The van der Waals surface area contributed by atoms with Gasteiger partial charge in [-0.1, -0.05) is 23.4 Å². The van der Waals surface area contributed by atoms with Crippen LogP contribution in [0.25, 0.3) is 0 Å². The standard InChI is InChI=1S/C12H11ClN2O2S/c1-15-11(17)7-18-12(15)6-10(16)14-9-4-2-8(13)3-5-9/h2-6H,7H2,1H3,(H,14,16)/b12-6-. The van der Waals surface area contributed by atoms with E-state index in [1.54, 1.807) is 31.3 Å². The van der Waals surface area contributed by atoms with Crippen molar-refractivity contribution in [2.75, 3.05) is 18.1 Å². The van der Waals surface area contributed by atoms with Crippen LogP contribution in [0.2, 0.25) is 5.02 Å². The fourth-order valence-electron chi connectivity index (χ4n) is 1.41. The van der Waals surface area contributed by atoms with Crippen LogP contribution in [-0.4, -0.2) is 29.5 Å². The average molecular weight is 283 g/mol. The van der Waals surface area contributed by atoms with Crippen LogP contribution in [0.1, 0.15) is 0 Å². The number of carbonyl (C=O) groups is 2. The van der Waals surface area contributed by atoms with Gasteiger partial charge in [-0.25, -0.2) is 0 Å². The minimum absolute atomic E-state index is 0.00513. The highest BCUT2D eigenvalue weighted by Gasteiger charge is 2.23. The van der Waals surface area contributed by atoms with Gasteiger partial charge >= 0.3 is 0 Å². The molecule has 1 N–H and O–H groups in total. The molecular formula is C12H11ClN2O2S.